The predicted octanol–water partition coefficient (Wildman–Crippen LogP) is 0.587. The SMILES string of the molecule is O=c1cc(C2CC2)cc2nc(C3CNC3)[nH]n12. The molecule has 0 radical (unpaired) electrons. The number of aromatic amines is 1. The van der Waals surface area contributed by atoms with Crippen molar-refractivity contribution in [2.45, 2.75) is 24.7 Å². The minimum absolute atomic E-state index is 0.00966. The Morgan fingerprint density at radius 3 is 2.71 bits per heavy atom. The van der Waals surface area contributed by atoms with E-state index in [9.17, 15) is 4.79 Å². The second-order valence-electron chi connectivity index (χ2n) is 5.06. The van der Waals surface area contributed by atoms with Crippen LogP contribution in [0.4, 0.5) is 0 Å². The quantitative estimate of drug-likeness (QED) is 0.793. The molecule has 2 aromatic rings. The Kier molecular flexibility index (Phi) is 1.77. The fourth-order valence-electron chi connectivity index (χ4n) is 2.35. The Morgan fingerprint density at radius 1 is 1.24 bits per heavy atom. The lowest BCUT2D eigenvalue weighted by Crippen LogP contribution is -2.40. The maximum absolute atomic E-state index is 12.0. The van der Waals surface area contributed by atoms with Crippen molar-refractivity contribution in [3.05, 3.63) is 33.9 Å². The van der Waals surface area contributed by atoms with Crippen molar-refractivity contribution in [1.29, 1.82) is 0 Å². The summed E-state index contributed by atoms with van der Waals surface area (Å²) < 4.78 is 1.56. The molecule has 88 valence electrons. The van der Waals surface area contributed by atoms with Crippen LogP contribution in [0.1, 0.15) is 36.1 Å². The summed E-state index contributed by atoms with van der Waals surface area (Å²) in [6, 6.07) is 3.79. The maximum atomic E-state index is 12.0. The van der Waals surface area contributed by atoms with E-state index >= 15 is 0 Å². The third-order valence-electron chi connectivity index (χ3n) is 3.71. The third kappa shape index (κ3) is 1.42. The number of pyridine rings is 1. The van der Waals surface area contributed by atoms with Crippen molar-refractivity contribution in [3.8, 4) is 0 Å². The highest BCUT2D eigenvalue weighted by Gasteiger charge is 2.26. The first-order valence-corrected chi connectivity index (χ1v) is 6.14. The number of rotatable bonds is 2. The molecule has 0 unspecified atom stereocenters. The molecular weight excluding hydrogens is 216 g/mol. The van der Waals surface area contributed by atoms with Crippen LogP contribution in [0.15, 0.2) is 16.9 Å². The van der Waals surface area contributed by atoms with Crippen LogP contribution in [0.5, 0.6) is 0 Å². The van der Waals surface area contributed by atoms with Gasteiger partial charge in [0, 0.05) is 25.1 Å². The molecule has 1 saturated heterocycles. The van der Waals surface area contributed by atoms with E-state index in [2.05, 4.69) is 15.4 Å². The van der Waals surface area contributed by atoms with Gasteiger partial charge in [-0.15, -0.1) is 0 Å². The minimum atomic E-state index is 0.00966. The van der Waals surface area contributed by atoms with Crippen LogP contribution in [-0.2, 0) is 0 Å². The molecule has 0 amide bonds. The van der Waals surface area contributed by atoms with E-state index in [0.29, 0.717) is 11.8 Å². The molecule has 2 N–H and O–H groups in total. The van der Waals surface area contributed by atoms with Crippen LogP contribution in [0, 0.1) is 0 Å². The molecule has 4 rings (SSSR count). The van der Waals surface area contributed by atoms with Crippen molar-refractivity contribution in [2.24, 2.45) is 0 Å². The molecule has 2 aromatic heterocycles. The zero-order chi connectivity index (χ0) is 11.4. The Balaban J connectivity index is 1.87. The van der Waals surface area contributed by atoms with Crippen LogP contribution >= 0.6 is 0 Å². The molecule has 0 aromatic carbocycles. The Bertz CT molecular complexity index is 633. The summed E-state index contributed by atoms with van der Waals surface area (Å²) in [4.78, 5) is 16.5. The standard InChI is InChI=1S/C12H14N4O/c17-11-4-8(7-1-2-7)3-10-14-12(15-16(10)11)9-5-13-6-9/h3-4,7,9,13H,1-2,5-6H2,(H,14,15). The monoisotopic (exact) mass is 230 g/mol. The van der Waals surface area contributed by atoms with E-state index in [4.69, 9.17) is 0 Å². The van der Waals surface area contributed by atoms with Gasteiger partial charge >= 0.3 is 0 Å². The lowest BCUT2D eigenvalue weighted by molar-refractivity contribution is 0.430. The molecule has 1 saturated carbocycles. The molecule has 1 aliphatic heterocycles. The summed E-state index contributed by atoms with van der Waals surface area (Å²) in [7, 11) is 0. The summed E-state index contributed by atoms with van der Waals surface area (Å²) in [5.41, 5.74) is 1.93. The van der Waals surface area contributed by atoms with Gasteiger partial charge in [-0.2, -0.15) is 0 Å². The molecule has 5 nitrogen and oxygen atoms in total. The normalized spacial score (nSPS) is 20.7. The summed E-state index contributed by atoms with van der Waals surface area (Å²) in [6.07, 6.45) is 2.42. The molecular formula is C12H14N4O. The van der Waals surface area contributed by atoms with Crippen LogP contribution in [0.25, 0.3) is 5.65 Å². The van der Waals surface area contributed by atoms with Gasteiger partial charge in [0.1, 0.15) is 5.82 Å². The molecule has 0 spiro atoms. The largest absolute Gasteiger partial charge is 0.315 e. The van der Waals surface area contributed by atoms with E-state index in [1.807, 2.05) is 6.07 Å². The van der Waals surface area contributed by atoms with E-state index < -0.39 is 0 Å². The molecule has 17 heavy (non-hydrogen) atoms. The Morgan fingerprint density at radius 2 is 2.06 bits per heavy atom. The highest BCUT2D eigenvalue weighted by molar-refractivity contribution is 5.43. The number of hydrogen-bond donors (Lipinski definition) is 2. The molecule has 0 atom stereocenters. The van der Waals surface area contributed by atoms with Gasteiger partial charge in [0.15, 0.2) is 5.65 Å². The first-order chi connectivity index (χ1) is 8.31. The number of fused-ring (bicyclic) bond motifs is 1. The van der Waals surface area contributed by atoms with Crippen molar-refractivity contribution >= 4 is 5.65 Å². The van der Waals surface area contributed by atoms with Gasteiger partial charge in [0.25, 0.3) is 5.56 Å². The van der Waals surface area contributed by atoms with Crippen LogP contribution in [-0.4, -0.2) is 27.7 Å². The average molecular weight is 230 g/mol. The van der Waals surface area contributed by atoms with E-state index in [1.54, 1.807) is 10.6 Å². The van der Waals surface area contributed by atoms with Gasteiger partial charge in [-0.1, -0.05) is 0 Å². The summed E-state index contributed by atoms with van der Waals surface area (Å²) in [6.45, 7) is 1.90. The summed E-state index contributed by atoms with van der Waals surface area (Å²) in [5.74, 6) is 1.95. The first-order valence-electron chi connectivity index (χ1n) is 6.14. The maximum Gasteiger partial charge on any atom is 0.271 e. The smallest absolute Gasteiger partial charge is 0.271 e. The van der Waals surface area contributed by atoms with E-state index in [-0.39, 0.29) is 5.56 Å². The molecule has 5 heteroatoms. The van der Waals surface area contributed by atoms with Gasteiger partial charge < -0.3 is 5.32 Å². The van der Waals surface area contributed by atoms with Gasteiger partial charge in [0.05, 0.1) is 0 Å². The van der Waals surface area contributed by atoms with Crippen molar-refractivity contribution < 1.29 is 0 Å². The fourth-order valence-corrected chi connectivity index (χ4v) is 2.35. The van der Waals surface area contributed by atoms with Gasteiger partial charge in [0.2, 0.25) is 0 Å². The topological polar surface area (TPSA) is 62.2 Å². The second-order valence-corrected chi connectivity index (χ2v) is 5.06. The number of aromatic nitrogens is 3. The minimum Gasteiger partial charge on any atom is -0.315 e. The zero-order valence-electron chi connectivity index (χ0n) is 9.44. The Hall–Kier alpha value is -1.62. The molecule has 1 aliphatic carbocycles. The number of nitrogens with one attached hydrogen (secondary N) is 2. The van der Waals surface area contributed by atoms with Crippen LogP contribution in [0.2, 0.25) is 0 Å². The summed E-state index contributed by atoms with van der Waals surface area (Å²) >= 11 is 0. The van der Waals surface area contributed by atoms with Crippen molar-refractivity contribution in [2.75, 3.05) is 13.1 Å². The molecule has 2 aliphatic rings. The molecule has 3 heterocycles. The van der Waals surface area contributed by atoms with Crippen LogP contribution in [0.3, 0.4) is 0 Å². The number of nitrogens with zero attached hydrogens (tertiary/aromatic N) is 2. The van der Waals surface area contributed by atoms with Crippen molar-refractivity contribution in [3.63, 3.8) is 0 Å². The van der Waals surface area contributed by atoms with Crippen molar-refractivity contribution in [1.82, 2.24) is 19.9 Å². The Labute approximate surface area is 97.8 Å². The highest BCUT2D eigenvalue weighted by Crippen LogP contribution is 2.39. The van der Waals surface area contributed by atoms with E-state index in [0.717, 1.165) is 30.1 Å². The van der Waals surface area contributed by atoms with Gasteiger partial charge in [-0.3, -0.25) is 9.89 Å². The number of H-pyrrole nitrogens is 1. The van der Waals surface area contributed by atoms with Gasteiger partial charge in [-0.25, -0.2) is 9.50 Å². The molecule has 0 bridgehead atoms. The van der Waals surface area contributed by atoms with Gasteiger partial charge in [-0.05, 0) is 30.4 Å². The lowest BCUT2D eigenvalue weighted by Gasteiger charge is -2.24. The second kappa shape index (κ2) is 3.20. The lowest BCUT2D eigenvalue weighted by atomic mass is 10.0. The first kappa shape index (κ1) is 9.41. The highest BCUT2D eigenvalue weighted by atomic mass is 16.1. The fraction of sp³-hybridized carbons (Fsp3) is 0.500. The third-order valence-corrected chi connectivity index (χ3v) is 3.71. The molecule has 2 fully saturated rings. The van der Waals surface area contributed by atoms with Crippen LogP contribution < -0.4 is 10.9 Å². The summed E-state index contributed by atoms with van der Waals surface area (Å²) in [5, 5.41) is 6.32. The van der Waals surface area contributed by atoms with E-state index in [1.165, 1.54) is 12.8 Å². The average Bonchev–Trinajstić information content (AvgIpc) is 2.98. The zero-order valence-corrected chi connectivity index (χ0v) is 9.44. The predicted molar refractivity (Wildman–Crippen MR) is 63.4 cm³/mol. The number of hydrogen-bond acceptors (Lipinski definition) is 3.